The number of aromatic carboxylic acids is 1. The first-order valence-corrected chi connectivity index (χ1v) is 9.44. The lowest BCUT2D eigenvalue weighted by molar-refractivity contribution is -0.232. The van der Waals surface area contributed by atoms with Gasteiger partial charge in [0.2, 0.25) is 5.78 Å². The lowest BCUT2D eigenvalue weighted by atomic mass is 9.71. The van der Waals surface area contributed by atoms with Gasteiger partial charge in [-0.25, -0.2) is 4.79 Å². The Bertz CT molecular complexity index is 1060. The van der Waals surface area contributed by atoms with Crippen LogP contribution in [0.1, 0.15) is 43.3 Å². The summed E-state index contributed by atoms with van der Waals surface area (Å²) in [6.45, 7) is -0.687. The second-order valence-electron chi connectivity index (χ2n) is 7.61. The van der Waals surface area contributed by atoms with Gasteiger partial charge in [0.1, 0.15) is 35.9 Å². The molecule has 0 saturated carbocycles. The summed E-state index contributed by atoms with van der Waals surface area (Å²) in [5.41, 5.74) is -0.605. The summed E-state index contributed by atoms with van der Waals surface area (Å²) in [5, 5.41) is 70.7. The number of fused-ring (bicyclic) bond motifs is 2. The largest absolute Gasteiger partial charge is 0.507 e. The quantitative estimate of drug-likeness (QED) is 0.328. The van der Waals surface area contributed by atoms with Gasteiger partial charge in [0.15, 0.2) is 0 Å². The number of carboxylic acid groups (broad SMARTS) is 1. The number of carbonyl (C=O) groups excluding carboxylic acids is 1. The van der Waals surface area contributed by atoms with Crippen LogP contribution < -0.4 is 0 Å². The fourth-order valence-electron chi connectivity index (χ4n) is 4.38. The average molecular weight is 432 g/mol. The Morgan fingerprint density at radius 1 is 0.935 bits per heavy atom. The normalized spacial score (nSPS) is 29.9. The van der Waals surface area contributed by atoms with Gasteiger partial charge < -0.3 is 40.5 Å². The molecule has 0 bridgehead atoms. The van der Waals surface area contributed by atoms with Crippen molar-refractivity contribution in [3.8, 4) is 11.5 Å². The predicted molar refractivity (Wildman–Crippen MR) is 102 cm³/mol. The van der Waals surface area contributed by atoms with Crippen molar-refractivity contribution in [3.63, 3.8) is 0 Å². The molecule has 2 aromatic carbocycles. The number of aliphatic hydroxyl groups excluding tert-OH is 4. The number of benzene rings is 2. The van der Waals surface area contributed by atoms with Crippen molar-refractivity contribution in [3.05, 3.63) is 58.1 Å². The Labute approximate surface area is 175 Å². The van der Waals surface area contributed by atoms with Crippen molar-refractivity contribution in [1.82, 2.24) is 0 Å². The van der Waals surface area contributed by atoms with E-state index < -0.39 is 66.3 Å². The third kappa shape index (κ3) is 3.16. The van der Waals surface area contributed by atoms with Crippen molar-refractivity contribution >= 4 is 11.8 Å². The van der Waals surface area contributed by atoms with E-state index in [9.17, 15) is 45.3 Å². The summed E-state index contributed by atoms with van der Waals surface area (Å²) in [5.74, 6) is -4.28. The van der Waals surface area contributed by atoms with Crippen LogP contribution in [0.2, 0.25) is 0 Å². The van der Waals surface area contributed by atoms with Crippen LogP contribution in [0.3, 0.4) is 0 Å². The fourth-order valence-corrected chi connectivity index (χ4v) is 4.38. The van der Waals surface area contributed by atoms with Crippen LogP contribution in [0.15, 0.2) is 30.3 Å². The first-order chi connectivity index (χ1) is 14.7. The molecule has 31 heavy (non-hydrogen) atoms. The van der Waals surface area contributed by atoms with E-state index >= 15 is 0 Å². The summed E-state index contributed by atoms with van der Waals surface area (Å²) in [7, 11) is 0. The van der Waals surface area contributed by atoms with Gasteiger partial charge in [-0.1, -0.05) is 12.1 Å². The Morgan fingerprint density at radius 2 is 1.61 bits per heavy atom. The molecule has 1 heterocycles. The molecule has 2 aromatic rings. The molecule has 4 rings (SSSR count). The highest BCUT2D eigenvalue weighted by molar-refractivity contribution is 6.16. The molecule has 1 saturated heterocycles. The fraction of sp³-hybridized carbons (Fsp3) is 0.333. The molecule has 6 atom stereocenters. The third-order valence-electron chi connectivity index (χ3n) is 5.85. The number of hydrogen-bond donors (Lipinski definition) is 7. The van der Waals surface area contributed by atoms with E-state index in [-0.39, 0.29) is 27.8 Å². The first kappa shape index (κ1) is 21.2. The predicted octanol–water partition coefficient (Wildman–Crippen LogP) is -0.685. The van der Waals surface area contributed by atoms with Gasteiger partial charge in [-0.3, -0.25) is 4.79 Å². The summed E-state index contributed by atoms with van der Waals surface area (Å²) in [6.07, 6.45) is -7.64. The highest BCUT2D eigenvalue weighted by atomic mass is 16.5. The molecule has 0 aromatic heterocycles. The zero-order valence-electron chi connectivity index (χ0n) is 15.9. The number of ether oxygens (including phenoxy) is 1. The maximum Gasteiger partial charge on any atom is 0.335 e. The Balaban J connectivity index is 1.98. The van der Waals surface area contributed by atoms with E-state index in [1.165, 1.54) is 18.2 Å². The smallest absolute Gasteiger partial charge is 0.335 e. The van der Waals surface area contributed by atoms with Gasteiger partial charge in [-0.05, 0) is 29.3 Å². The molecule has 0 radical (unpaired) electrons. The van der Waals surface area contributed by atoms with E-state index in [0.29, 0.717) is 0 Å². The van der Waals surface area contributed by atoms with Crippen molar-refractivity contribution < 1.29 is 50.1 Å². The summed E-state index contributed by atoms with van der Waals surface area (Å²) in [4.78, 5) is 24.6. The van der Waals surface area contributed by atoms with Gasteiger partial charge >= 0.3 is 5.97 Å². The number of hydrogen-bond acceptors (Lipinski definition) is 9. The van der Waals surface area contributed by atoms with Gasteiger partial charge in [0.05, 0.1) is 29.4 Å². The molecule has 0 amide bonds. The molecule has 1 aliphatic heterocycles. The molecular formula is C21H20O10. The van der Waals surface area contributed by atoms with Gasteiger partial charge in [0.25, 0.3) is 0 Å². The van der Waals surface area contributed by atoms with Crippen LogP contribution in [0.25, 0.3) is 0 Å². The van der Waals surface area contributed by atoms with E-state index in [2.05, 4.69) is 0 Å². The van der Waals surface area contributed by atoms with E-state index in [1.54, 1.807) is 0 Å². The minimum Gasteiger partial charge on any atom is -0.507 e. The van der Waals surface area contributed by atoms with Crippen LogP contribution in [0, 0.1) is 0 Å². The Hall–Kier alpha value is -3.02. The van der Waals surface area contributed by atoms with E-state index in [0.717, 1.165) is 12.1 Å². The maximum absolute atomic E-state index is 13.1. The lowest BCUT2D eigenvalue weighted by Gasteiger charge is -2.44. The number of rotatable bonds is 3. The van der Waals surface area contributed by atoms with E-state index in [1.807, 2.05) is 0 Å². The van der Waals surface area contributed by atoms with Crippen LogP contribution in [0.5, 0.6) is 11.5 Å². The highest BCUT2D eigenvalue weighted by Gasteiger charge is 2.50. The summed E-state index contributed by atoms with van der Waals surface area (Å²) < 4.78 is 5.67. The summed E-state index contributed by atoms with van der Waals surface area (Å²) >= 11 is 0. The molecule has 0 unspecified atom stereocenters. The molecule has 7 N–H and O–H groups in total. The zero-order valence-corrected chi connectivity index (χ0v) is 15.9. The molecule has 1 aliphatic carbocycles. The lowest BCUT2D eigenvalue weighted by Crippen LogP contribution is -2.60. The first-order valence-electron chi connectivity index (χ1n) is 9.44. The standard InChI is InChI=1S/C21H20O10/c22-6-12-16(25)18(27)19(28)20(31-12)13-8-2-1-3-10(23)14(8)17(26)15-9(13)4-7(21(29)30)5-11(15)24/h1-5,12-13,16,18-20,22-25,27-28H,6H2,(H,29,30)/t12-,13+,16-,18+,19-,20+/m1/s1. The minimum absolute atomic E-state index is 0.00447. The number of phenolic OH excluding ortho intramolecular Hbond substituents is 2. The molecule has 2 aliphatic rings. The molecule has 1 fully saturated rings. The number of carbonyl (C=O) groups is 2. The number of ketones is 1. The van der Waals surface area contributed by atoms with Crippen molar-refractivity contribution in [2.75, 3.05) is 6.61 Å². The molecule has 10 nitrogen and oxygen atoms in total. The average Bonchev–Trinajstić information content (AvgIpc) is 2.73. The van der Waals surface area contributed by atoms with Gasteiger partial charge in [-0.15, -0.1) is 0 Å². The third-order valence-corrected chi connectivity index (χ3v) is 5.85. The maximum atomic E-state index is 13.1. The summed E-state index contributed by atoms with van der Waals surface area (Å²) in [6, 6.07) is 6.20. The Morgan fingerprint density at radius 3 is 2.26 bits per heavy atom. The minimum atomic E-state index is -1.71. The SMILES string of the molecule is O=C(O)c1cc(O)c2c(c1)[C@@H]([C@@H]1O[C@H](CO)[C@@H](O)[C@H](O)[C@H]1O)c1cccc(O)c1C2=O. The number of aromatic hydroxyl groups is 2. The molecule has 164 valence electrons. The zero-order chi connectivity index (χ0) is 22.6. The van der Waals surface area contributed by atoms with Crippen LogP contribution >= 0.6 is 0 Å². The molecule has 10 heteroatoms. The monoisotopic (exact) mass is 432 g/mol. The second kappa shape index (κ2) is 7.59. The molecular weight excluding hydrogens is 412 g/mol. The number of phenols is 2. The van der Waals surface area contributed by atoms with Crippen molar-refractivity contribution in [2.45, 2.75) is 36.4 Å². The Kier molecular flexibility index (Phi) is 5.20. The number of carboxylic acids is 1. The van der Waals surface area contributed by atoms with Crippen LogP contribution in [-0.4, -0.2) is 84.6 Å². The van der Waals surface area contributed by atoms with Gasteiger partial charge in [0, 0.05) is 5.92 Å². The van der Waals surface area contributed by atoms with Crippen LogP contribution in [-0.2, 0) is 4.74 Å². The highest BCUT2D eigenvalue weighted by Crippen LogP contribution is 2.47. The molecule has 0 spiro atoms. The number of aliphatic hydroxyl groups is 4. The van der Waals surface area contributed by atoms with Crippen molar-refractivity contribution in [1.29, 1.82) is 0 Å². The van der Waals surface area contributed by atoms with E-state index in [4.69, 9.17) is 4.74 Å². The van der Waals surface area contributed by atoms with Gasteiger partial charge in [-0.2, -0.15) is 0 Å². The van der Waals surface area contributed by atoms with Crippen molar-refractivity contribution in [2.24, 2.45) is 0 Å². The van der Waals surface area contributed by atoms with Crippen LogP contribution in [0.4, 0.5) is 0 Å². The second-order valence-corrected chi connectivity index (χ2v) is 7.61. The topological polar surface area (TPSA) is 185 Å².